The first-order valence-corrected chi connectivity index (χ1v) is 12.4. The molecule has 0 aromatic heterocycles. The van der Waals surface area contributed by atoms with Crippen molar-refractivity contribution >= 4 is 21.7 Å². The van der Waals surface area contributed by atoms with Gasteiger partial charge in [0.05, 0.1) is 17.0 Å². The van der Waals surface area contributed by atoms with Gasteiger partial charge in [-0.25, -0.2) is 0 Å². The van der Waals surface area contributed by atoms with Crippen molar-refractivity contribution in [2.75, 3.05) is 11.9 Å². The molecule has 0 saturated heterocycles. The molecule has 4 fully saturated rings. The molecule has 3 nitrogen and oxygen atoms in total. The van der Waals surface area contributed by atoms with Gasteiger partial charge in [-0.2, -0.15) is 0 Å². The van der Waals surface area contributed by atoms with Crippen molar-refractivity contribution in [2.45, 2.75) is 83.8 Å². The van der Waals surface area contributed by atoms with Crippen molar-refractivity contribution in [3.8, 4) is 0 Å². The average molecular weight is 441 g/mol. The molecule has 0 aliphatic heterocycles. The Bertz CT molecular complexity index is 576. The van der Waals surface area contributed by atoms with E-state index in [1.807, 2.05) is 13.8 Å². The van der Waals surface area contributed by atoms with E-state index in [1.165, 1.54) is 32.1 Å². The van der Waals surface area contributed by atoms with Gasteiger partial charge in [0.2, 0.25) is 0 Å². The number of carbonyl (C=O) groups excluding carboxylic acids is 1. The number of ketones is 1. The standard InChI is InChI=1S/C23H37BrO3/c1-4-27-21-11-17-14(12-23(21,3)26)5-6-16-15(17)9-10-22(2)18(16)7-8-19(22)20(25)13-24/h14-19,21,26H,4-13H2,1-3H3/t14-,15-,16+,17-,18-,19+,21-,22-,23-/m0/s1. The molecule has 0 radical (unpaired) electrons. The Morgan fingerprint density at radius 3 is 2.59 bits per heavy atom. The molecular weight excluding hydrogens is 404 g/mol. The van der Waals surface area contributed by atoms with Crippen LogP contribution >= 0.6 is 15.9 Å². The van der Waals surface area contributed by atoms with Gasteiger partial charge in [0, 0.05) is 12.5 Å². The van der Waals surface area contributed by atoms with Gasteiger partial charge in [-0.3, -0.25) is 4.79 Å². The number of hydrogen-bond donors (Lipinski definition) is 1. The van der Waals surface area contributed by atoms with Gasteiger partial charge in [-0.15, -0.1) is 0 Å². The van der Waals surface area contributed by atoms with Crippen LogP contribution in [-0.2, 0) is 9.53 Å². The molecule has 0 spiro atoms. The number of halogens is 1. The van der Waals surface area contributed by atoms with E-state index in [2.05, 4.69) is 22.9 Å². The van der Waals surface area contributed by atoms with Gasteiger partial charge >= 0.3 is 0 Å². The molecule has 9 atom stereocenters. The Morgan fingerprint density at radius 1 is 1.11 bits per heavy atom. The monoisotopic (exact) mass is 440 g/mol. The minimum absolute atomic E-state index is 0.0119. The van der Waals surface area contributed by atoms with Crippen LogP contribution in [0.4, 0.5) is 0 Å². The number of aliphatic hydroxyl groups is 1. The summed E-state index contributed by atoms with van der Waals surface area (Å²) in [4.78, 5) is 12.6. The minimum Gasteiger partial charge on any atom is -0.387 e. The lowest BCUT2D eigenvalue weighted by Gasteiger charge is -2.58. The highest BCUT2D eigenvalue weighted by molar-refractivity contribution is 9.09. The zero-order valence-electron chi connectivity index (χ0n) is 17.3. The van der Waals surface area contributed by atoms with E-state index in [1.54, 1.807) is 0 Å². The lowest BCUT2D eigenvalue weighted by Crippen LogP contribution is -2.55. The maximum Gasteiger partial charge on any atom is 0.147 e. The van der Waals surface area contributed by atoms with E-state index in [9.17, 15) is 9.90 Å². The van der Waals surface area contributed by atoms with Crippen molar-refractivity contribution in [3.63, 3.8) is 0 Å². The summed E-state index contributed by atoms with van der Waals surface area (Å²) >= 11 is 3.42. The minimum atomic E-state index is -0.673. The van der Waals surface area contributed by atoms with Crippen LogP contribution in [0.25, 0.3) is 0 Å². The molecular formula is C23H37BrO3. The van der Waals surface area contributed by atoms with Crippen LogP contribution in [0, 0.1) is 40.9 Å². The van der Waals surface area contributed by atoms with Crippen molar-refractivity contribution in [2.24, 2.45) is 40.9 Å². The second-order valence-electron chi connectivity index (χ2n) is 10.5. The van der Waals surface area contributed by atoms with E-state index in [4.69, 9.17) is 4.74 Å². The third-order valence-electron chi connectivity index (χ3n) is 9.26. The molecule has 4 aliphatic carbocycles. The normalized spacial score (nSPS) is 52.0. The summed E-state index contributed by atoms with van der Waals surface area (Å²) in [7, 11) is 0. The first-order valence-electron chi connectivity index (χ1n) is 11.2. The summed E-state index contributed by atoms with van der Waals surface area (Å²) in [5.74, 6) is 4.33. The lowest BCUT2D eigenvalue weighted by molar-refractivity contribution is -0.172. The highest BCUT2D eigenvalue weighted by Crippen LogP contribution is 2.64. The van der Waals surface area contributed by atoms with E-state index in [0.717, 1.165) is 37.0 Å². The number of fused-ring (bicyclic) bond motifs is 5. The lowest BCUT2D eigenvalue weighted by atomic mass is 9.48. The fourth-order valence-electron chi connectivity index (χ4n) is 8.09. The van der Waals surface area contributed by atoms with E-state index in [-0.39, 0.29) is 17.4 Å². The average Bonchev–Trinajstić information content (AvgIpc) is 2.98. The fourth-order valence-corrected chi connectivity index (χ4v) is 8.48. The summed E-state index contributed by atoms with van der Waals surface area (Å²) in [5.41, 5.74) is -0.452. The zero-order chi connectivity index (χ0) is 19.4. The first kappa shape index (κ1) is 20.3. The largest absolute Gasteiger partial charge is 0.387 e. The highest BCUT2D eigenvalue weighted by atomic mass is 79.9. The molecule has 4 saturated carbocycles. The molecule has 27 heavy (non-hydrogen) atoms. The maximum atomic E-state index is 12.6. The topological polar surface area (TPSA) is 46.5 Å². The van der Waals surface area contributed by atoms with E-state index < -0.39 is 5.60 Å². The van der Waals surface area contributed by atoms with Gasteiger partial charge in [0.15, 0.2) is 0 Å². The molecule has 0 heterocycles. The number of rotatable bonds is 4. The van der Waals surface area contributed by atoms with Crippen LogP contribution in [0.15, 0.2) is 0 Å². The summed E-state index contributed by atoms with van der Waals surface area (Å²) < 4.78 is 6.00. The number of carbonyl (C=O) groups is 1. The molecule has 1 N–H and O–H groups in total. The van der Waals surface area contributed by atoms with E-state index >= 15 is 0 Å². The summed E-state index contributed by atoms with van der Waals surface area (Å²) in [6.45, 7) is 7.13. The molecule has 0 unspecified atom stereocenters. The third kappa shape index (κ3) is 3.26. The van der Waals surface area contributed by atoms with Crippen LogP contribution in [0.3, 0.4) is 0 Å². The second kappa shape index (κ2) is 7.40. The van der Waals surface area contributed by atoms with Gasteiger partial charge < -0.3 is 9.84 Å². The van der Waals surface area contributed by atoms with Crippen molar-refractivity contribution in [1.29, 1.82) is 0 Å². The molecule has 4 heteroatoms. The van der Waals surface area contributed by atoms with E-state index in [0.29, 0.717) is 29.6 Å². The van der Waals surface area contributed by atoms with Crippen LogP contribution in [0.1, 0.15) is 72.1 Å². The predicted molar refractivity (Wildman–Crippen MR) is 111 cm³/mol. The number of hydrogen-bond acceptors (Lipinski definition) is 3. The number of ether oxygens (including phenoxy) is 1. The predicted octanol–water partition coefficient (Wildman–Crippen LogP) is 4.99. The van der Waals surface area contributed by atoms with Gasteiger partial charge in [-0.05, 0) is 100 Å². The van der Waals surface area contributed by atoms with Gasteiger partial charge in [0.1, 0.15) is 5.78 Å². The second-order valence-corrected chi connectivity index (χ2v) is 11.0. The Labute approximate surface area is 173 Å². The Kier molecular flexibility index (Phi) is 5.57. The molecule has 0 aromatic carbocycles. The quantitative estimate of drug-likeness (QED) is 0.626. The Morgan fingerprint density at radius 2 is 1.89 bits per heavy atom. The Hall–Kier alpha value is 0.0700. The Balaban J connectivity index is 1.54. The number of Topliss-reactive ketones (excluding diaryl/α,β-unsaturated/α-hetero) is 1. The third-order valence-corrected chi connectivity index (χ3v) is 9.82. The van der Waals surface area contributed by atoms with Crippen LogP contribution < -0.4 is 0 Å². The summed E-state index contributed by atoms with van der Waals surface area (Å²) in [6.07, 6.45) is 9.29. The summed E-state index contributed by atoms with van der Waals surface area (Å²) in [5, 5.41) is 11.5. The van der Waals surface area contributed by atoms with Crippen LogP contribution in [0.5, 0.6) is 0 Å². The molecule has 4 rings (SSSR count). The molecule has 0 amide bonds. The highest BCUT2D eigenvalue weighted by Gasteiger charge is 2.59. The zero-order valence-corrected chi connectivity index (χ0v) is 18.8. The van der Waals surface area contributed by atoms with Crippen LogP contribution in [0.2, 0.25) is 0 Å². The molecule has 154 valence electrons. The molecule has 0 aromatic rings. The van der Waals surface area contributed by atoms with Gasteiger partial charge in [-0.1, -0.05) is 22.9 Å². The summed E-state index contributed by atoms with van der Waals surface area (Å²) in [6, 6.07) is 0. The maximum absolute atomic E-state index is 12.6. The van der Waals surface area contributed by atoms with Crippen molar-refractivity contribution in [1.82, 2.24) is 0 Å². The van der Waals surface area contributed by atoms with Crippen molar-refractivity contribution < 1.29 is 14.6 Å². The number of alkyl halides is 1. The van der Waals surface area contributed by atoms with Crippen LogP contribution in [-0.4, -0.2) is 34.5 Å². The van der Waals surface area contributed by atoms with Gasteiger partial charge in [0.25, 0.3) is 0 Å². The SMILES string of the molecule is CCO[C@H]1C[C@H]2[C@@H](CC[C@@H]3[C@@H]2CC[C@]2(C)[C@@H](C(=O)CBr)CC[C@@H]32)C[C@]1(C)O. The first-order chi connectivity index (χ1) is 12.8. The molecule has 0 bridgehead atoms. The molecule has 4 aliphatic rings. The smallest absolute Gasteiger partial charge is 0.147 e. The van der Waals surface area contributed by atoms with Crippen molar-refractivity contribution in [3.05, 3.63) is 0 Å². The fraction of sp³-hybridized carbons (Fsp3) is 0.957.